The van der Waals surface area contributed by atoms with Crippen LogP contribution in [-0.2, 0) is 16.1 Å². The summed E-state index contributed by atoms with van der Waals surface area (Å²) in [7, 11) is 0. The van der Waals surface area contributed by atoms with Crippen LogP contribution in [0.25, 0.3) is 0 Å². The molecule has 1 aromatic rings. The average molecular weight is 436 g/mol. The lowest BCUT2D eigenvalue weighted by Crippen LogP contribution is -2.56. The molecule has 0 aromatic heterocycles. The SMILES string of the molecule is N#C[C@@H]1CCCN1C(=O)[C@@H](N)CN1CC2C[C@H]1C(=O)N2Cc1c(Cl)cccc1Cl. The van der Waals surface area contributed by atoms with Gasteiger partial charge in [-0.2, -0.15) is 5.26 Å². The van der Waals surface area contributed by atoms with Crippen molar-refractivity contribution in [2.45, 2.75) is 50.0 Å². The van der Waals surface area contributed by atoms with Gasteiger partial charge in [0.05, 0.1) is 18.2 Å². The second-order valence-electron chi connectivity index (χ2n) is 7.95. The van der Waals surface area contributed by atoms with Crippen molar-refractivity contribution < 1.29 is 9.59 Å². The third kappa shape index (κ3) is 3.71. The van der Waals surface area contributed by atoms with Gasteiger partial charge in [0.25, 0.3) is 0 Å². The fourth-order valence-corrected chi connectivity index (χ4v) is 5.22. The number of amides is 2. The standard InChI is InChI=1S/C20H23Cl2N5O2/c21-15-4-1-5-16(22)14(15)10-27-13-7-18(20(27)29)25(9-13)11-17(24)19(28)26-6-2-3-12(26)8-23/h1,4-5,12-13,17-18H,2-3,6-7,9-11,24H2/t12-,13?,17-,18-/m0/s1. The van der Waals surface area contributed by atoms with E-state index in [4.69, 9.17) is 28.9 Å². The molecule has 9 heteroatoms. The Balaban J connectivity index is 1.39. The summed E-state index contributed by atoms with van der Waals surface area (Å²) in [4.78, 5) is 31.0. The van der Waals surface area contributed by atoms with Crippen molar-refractivity contribution in [1.29, 1.82) is 5.26 Å². The van der Waals surface area contributed by atoms with E-state index in [0.717, 1.165) is 12.0 Å². The highest BCUT2D eigenvalue weighted by molar-refractivity contribution is 6.36. The molecule has 7 nitrogen and oxygen atoms in total. The second-order valence-corrected chi connectivity index (χ2v) is 8.77. The number of benzene rings is 1. The highest BCUT2D eigenvalue weighted by atomic mass is 35.5. The molecule has 1 aromatic carbocycles. The van der Waals surface area contributed by atoms with Gasteiger partial charge in [-0.1, -0.05) is 29.3 Å². The van der Waals surface area contributed by atoms with E-state index in [-0.39, 0.29) is 29.9 Å². The number of halogens is 2. The van der Waals surface area contributed by atoms with Gasteiger partial charge in [0.15, 0.2) is 0 Å². The van der Waals surface area contributed by atoms with Gasteiger partial charge in [0.1, 0.15) is 6.04 Å². The van der Waals surface area contributed by atoms with Crippen molar-refractivity contribution in [3.8, 4) is 6.07 Å². The first-order valence-electron chi connectivity index (χ1n) is 9.83. The summed E-state index contributed by atoms with van der Waals surface area (Å²) in [5.41, 5.74) is 6.92. The predicted octanol–water partition coefficient (Wildman–Crippen LogP) is 1.62. The molecule has 0 radical (unpaired) electrons. The van der Waals surface area contributed by atoms with Crippen LogP contribution in [0.4, 0.5) is 0 Å². The summed E-state index contributed by atoms with van der Waals surface area (Å²) in [6.07, 6.45) is 2.23. The Morgan fingerprint density at radius 2 is 2.07 bits per heavy atom. The lowest BCUT2D eigenvalue weighted by atomic mass is 10.1. The topological polar surface area (TPSA) is 93.7 Å². The summed E-state index contributed by atoms with van der Waals surface area (Å²) in [5.74, 6) is -0.183. The lowest BCUT2D eigenvalue weighted by molar-refractivity contribution is -0.139. The first-order valence-corrected chi connectivity index (χ1v) is 10.6. The monoisotopic (exact) mass is 435 g/mol. The Morgan fingerprint density at radius 3 is 2.72 bits per heavy atom. The molecule has 4 rings (SSSR count). The molecular weight excluding hydrogens is 413 g/mol. The minimum Gasteiger partial charge on any atom is -0.333 e. The van der Waals surface area contributed by atoms with E-state index >= 15 is 0 Å². The van der Waals surface area contributed by atoms with Crippen molar-refractivity contribution in [2.24, 2.45) is 5.73 Å². The molecule has 0 spiro atoms. The number of carbonyl (C=O) groups excluding carboxylic acids is 2. The minimum absolute atomic E-state index is 0.0213. The van der Waals surface area contributed by atoms with Gasteiger partial charge >= 0.3 is 0 Å². The van der Waals surface area contributed by atoms with Crippen LogP contribution in [0.15, 0.2) is 18.2 Å². The van der Waals surface area contributed by atoms with Gasteiger partial charge in [-0.25, -0.2) is 0 Å². The fraction of sp³-hybridized carbons (Fsp3) is 0.550. The normalized spacial score (nSPS) is 27.5. The molecule has 0 aliphatic carbocycles. The van der Waals surface area contributed by atoms with Gasteiger partial charge in [0, 0.05) is 47.8 Å². The highest BCUT2D eigenvalue weighted by Crippen LogP contribution is 2.35. The third-order valence-electron chi connectivity index (χ3n) is 6.21. The minimum atomic E-state index is -0.734. The molecule has 2 N–H and O–H groups in total. The van der Waals surface area contributed by atoms with Crippen LogP contribution in [0.1, 0.15) is 24.8 Å². The predicted molar refractivity (Wildman–Crippen MR) is 109 cm³/mol. The van der Waals surface area contributed by atoms with Gasteiger partial charge in [-0.3, -0.25) is 14.5 Å². The van der Waals surface area contributed by atoms with Crippen LogP contribution in [0.5, 0.6) is 0 Å². The second kappa shape index (κ2) is 8.11. The Morgan fingerprint density at radius 1 is 1.34 bits per heavy atom. The van der Waals surface area contributed by atoms with Crippen molar-refractivity contribution in [3.05, 3.63) is 33.8 Å². The maximum Gasteiger partial charge on any atom is 0.241 e. The van der Waals surface area contributed by atoms with Crippen LogP contribution in [-0.4, -0.2) is 70.3 Å². The molecular formula is C20H23Cl2N5O2. The number of hydrogen-bond donors (Lipinski definition) is 1. The van der Waals surface area contributed by atoms with E-state index in [1.807, 2.05) is 9.80 Å². The zero-order valence-electron chi connectivity index (χ0n) is 15.9. The van der Waals surface area contributed by atoms with E-state index in [1.165, 1.54) is 0 Å². The molecule has 1 unspecified atom stereocenters. The zero-order valence-corrected chi connectivity index (χ0v) is 17.4. The molecule has 154 valence electrons. The summed E-state index contributed by atoms with van der Waals surface area (Å²) < 4.78 is 0. The quantitative estimate of drug-likeness (QED) is 0.757. The molecule has 0 saturated carbocycles. The van der Waals surface area contributed by atoms with Gasteiger partial charge in [-0.15, -0.1) is 0 Å². The van der Waals surface area contributed by atoms with Crippen LogP contribution in [0.2, 0.25) is 10.0 Å². The van der Waals surface area contributed by atoms with E-state index in [2.05, 4.69) is 6.07 Å². The van der Waals surface area contributed by atoms with E-state index in [1.54, 1.807) is 23.1 Å². The first-order chi connectivity index (χ1) is 13.9. The number of nitriles is 1. The van der Waals surface area contributed by atoms with Gasteiger partial charge < -0.3 is 15.5 Å². The first kappa shape index (κ1) is 20.4. The number of likely N-dealkylation sites (tertiary alicyclic amines) is 3. The van der Waals surface area contributed by atoms with Crippen LogP contribution in [0.3, 0.4) is 0 Å². The van der Waals surface area contributed by atoms with Crippen molar-refractivity contribution in [3.63, 3.8) is 0 Å². The number of carbonyl (C=O) groups is 2. The number of fused-ring (bicyclic) bond motifs is 2. The zero-order chi connectivity index (χ0) is 20.7. The maximum absolute atomic E-state index is 12.9. The Bertz CT molecular complexity index is 853. The maximum atomic E-state index is 12.9. The number of piperazine rings is 1. The largest absolute Gasteiger partial charge is 0.333 e. The fourth-order valence-electron chi connectivity index (χ4n) is 4.70. The molecule has 3 saturated heterocycles. The number of hydrogen-bond acceptors (Lipinski definition) is 5. The molecule has 2 amide bonds. The Hall–Kier alpha value is -1.85. The number of nitrogens with two attached hydrogens (primary N) is 1. The Kier molecular flexibility index (Phi) is 5.71. The highest BCUT2D eigenvalue weighted by Gasteiger charge is 2.50. The molecule has 3 aliphatic heterocycles. The van der Waals surface area contributed by atoms with Crippen molar-refractivity contribution >= 4 is 35.0 Å². The molecule has 3 fully saturated rings. The van der Waals surface area contributed by atoms with Crippen LogP contribution in [0, 0.1) is 11.3 Å². The van der Waals surface area contributed by atoms with Gasteiger partial charge in [-0.05, 0) is 31.4 Å². The summed E-state index contributed by atoms with van der Waals surface area (Å²) in [5, 5.41) is 10.3. The summed E-state index contributed by atoms with van der Waals surface area (Å²) in [6, 6.07) is 6.15. The number of rotatable bonds is 5. The smallest absolute Gasteiger partial charge is 0.241 e. The summed E-state index contributed by atoms with van der Waals surface area (Å²) in [6.45, 7) is 1.94. The molecule has 29 heavy (non-hydrogen) atoms. The third-order valence-corrected chi connectivity index (χ3v) is 6.92. The van der Waals surface area contributed by atoms with Crippen LogP contribution < -0.4 is 5.73 Å². The summed E-state index contributed by atoms with van der Waals surface area (Å²) >= 11 is 12.5. The number of nitrogens with zero attached hydrogens (tertiary/aromatic N) is 4. The lowest BCUT2D eigenvalue weighted by Gasteiger charge is -2.35. The van der Waals surface area contributed by atoms with E-state index < -0.39 is 6.04 Å². The molecule has 3 aliphatic rings. The van der Waals surface area contributed by atoms with E-state index in [0.29, 0.717) is 49.1 Å². The average Bonchev–Trinajstić information content (AvgIpc) is 3.39. The van der Waals surface area contributed by atoms with Gasteiger partial charge in [0.2, 0.25) is 11.8 Å². The molecule has 4 atom stereocenters. The molecule has 3 heterocycles. The Labute approximate surface area is 179 Å². The van der Waals surface area contributed by atoms with Crippen LogP contribution >= 0.6 is 23.2 Å². The molecule has 2 bridgehead atoms. The van der Waals surface area contributed by atoms with Crippen molar-refractivity contribution in [2.75, 3.05) is 19.6 Å². The van der Waals surface area contributed by atoms with Crippen molar-refractivity contribution in [1.82, 2.24) is 14.7 Å². The van der Waals surface area contributed by atoms with E-state index in [9.17, 15) is 14.9 Å².